The molecule has 0 amide bonds. The van der Waals surface area contributed by atoms with Crippen LogP contribution < -0.4 is 10.6 Å². The standard InChI is InChI=1S/C16H24N2O8/c19-5-9-11(21)13(23)15(25-9)17-7-2-1-3-8(4-7)18-16-14(24)12(22)10(6-20)26-16/h1-4,9-24H,5-6H2/t9-,10+,11-,12-,13-,14-,15+,16-/m0/s1. The van der Waals surface area contributed by atoms with E-state index in [1.165, 1.54) is 0 Å². The summed E-state index contributed by atoms with van der Waals surface area (Å²) in [5.74, 6) is 0. The van der Waals surface area contributed by atoms with Gasteiger partial charge in [0.1, 0.15) is 36.6 Å². The zero-order valence-electron chi connectivity index (χ0n) is 13.8. The first-order chi connectivity index (χ1) is 12.4. The van der Waals surface area contributed by atoms with Crippen molar-refractivity contribution in [1.29, 1.82) is 0 Å². The van der Waals surface area contributed by atoms with Crippen LogP contribution >= 0.6 is 0 Å². The van der Waals surface area contributed by atoms with Crippen molar-refractivity contribution in [2.24, 2.45) is 0 Å². The molecular formula is C16H24N2O8. The second-order valence-electron chi connectivity index (χ2n) is 6.39. The predicted octanol–water partition coefficient (Wildman–Crippen LogP) is -2.61. The number of aliphatic hydroxyl groups is 6. The molecule has 2 heterocycles. The van der Waals surface area contributed by atoms with E-state index in [2.05, 4.69) is 10.6 Å². The molecule has 10 heteroatoms. The number of benzene rings is 1. The Labute approximate surface area is 149 Å². The fraction of sp³-hybridized carbons (Fsp3) is 0.625. The number of hydrogen-bond donors (Lipinski definition) is 8. The summed E-state index contributed by atoms with van der Waals surface area (Å²) in [6, 6.07) is 6.77. The number of aliphatic hydroxyl groups excluding tert-OH is 6. The zero-order valence-corrected chi connectivity index (χ0v) is 13.8. The lowest BCUT2D eigenvalue weighted by molar-refractivity contribution is -0.0154. The van der Waals surface area contributed by atoms with Crippen LogP contribution in [0.25, 0.3) is 0 Å². The third-order valence-electron chi connectivity index (χ3n) is 4.57. The summed E-state index contributed by atoms with van der Waals surface area (Å²) < 4.78 is 10.7. The van der Waals surface area contributed by atoms with Crippen LogP contribution in [0, 0.1) is 0 Å². The summed E-state index contributed by atoms with van der Waals surface area (Å²) in [7, 11) is 0. The Morgan fingerprint density at radius 3 is 1.50 bits per heavy atom. The van der Waals surface area contributed by atoms with Crippen molar-refractivity contribution in [3.63, 3.8) is 0 Å². The molecule has 8 N–H and O–H groups in total. The minimum Gasteiger partial charge on any atom is -0.394 e. The minimum absolute atomic E-state index is 0.413. The molecule has 0 spiro atoms. The maximum absolute atomic E-state index is 9.97. The normalized spacial score (nSPS) is 39.9. The highest BCUT2D eigenvalue weighted by Crippen LogP contribution is 2.26. The van der Waals surface area contributed by atoms with Gasteiger partial charge in [0.25, 0.3) is 0 Å². The third kappa shape index (κ3) is 3.77. The summed E-state index contributed by atoms with van der Waals surface area (Å²) >= 11 is 0. The average Bonchev–Trinajstić information content (AvgIpc) is 3.06. The molecule has 2 saturated heterocycles. The van der Waals surface area contributed by atoms with Crippen LogP contribution in [0.2, 0.25) is 0 Å². The van der Waals surface area contributed by atoms with E-state index in [4.69, 9.17) is 19.7 Å². The number of ether oxygens (including phenoxy) is 2. The first-order valence-corrected chi connectivity index (χ1v) is 8.32. The van der Waals surface area contributed by atoms with Crippen molar-refractivity contribution >= 4 is 11.4 Å². The lowest BCUT2D eigenvalue weighted by Gasteiger charge is -2.20. The van der Waals surface area contributed by atoms with Gasteiger partial charge in [-0.1, -0.05) is 6.07 Å². The smallest absolute Gasteiger partial charge is 0.157 e. The Hall–Kier alpha value is -1.50. The second kappa shape index (κ2) is 8.03. The molecule has 0 unspecified atom stereocenters. The summed E-state index contributed by atoms with van der Waals surface area (Å²) in [6.07, 6.45) is -8.34. The van der Waals surface area contributed by atoms with Crippen LogP contribution in [0.15, 0.2) is 24.3 Å². The molecule has 2 fully saturated rings. The quantitative estimate of drug-likeness (QED) is 0.265. The van der Waals surface area contributed by atoms with Crippen LogP contribution in [0.4, 0.5) is 11.4 Å². The molecule has 2 aliphatic heterocycles. The van der Waals surface area contributed by atoms with E-state index in [9.17, 15) is 20.4 Å². The van der Waals surface area contributed by atoms with E-state index in [0.717, 1.165) is 0 Å². The van der Waals surface area contributed by atoms with Crippen LogP contribution in [0.3, 0.4) is 0 Å². The molecule has 0 bridgehead atoms. The Kier molecular flexibility index (Phi) is 5.95. The lowest BCUT2D eigenvalue weighted by atomic mass is 10.1. The highest BCUT2D eigenvalue weighted by molar-refractivity contribution is 5.57. The van der Waals surface area contributed by atoms with Gasteiger partial charge >= 0.3 is 0 Å². The second-order valence-corrected chi connectivity index (χ2v) is 6.39. The number of hydrogen-bond acceptors (Lipinski definition) is 10. The van der Waals surface area contributed by atoms with Crippen LogP contribution in [0.5, 0.6) is 0 Å². The maximum Gasteiger partial charge on any atom is 0.157 e. The van der Waals surface area contributed by atoms with Crippen molar-refractivity contribution in [2.45, 2.75) is 49.1 Å². The molecule has 26 heavy (non-hydrogen) atoms. The van der Waals surface area contributed by atoms with Gasteiger partial charge < -0.3 is 50.7 Å². The van der Waals surface area contributed by atoms with Crippen molar-refractivity contribution in [3.8, 4) is 0 Å². The number of nitrogens with one attached hydrogen (secondary N) is 2. The molecule has 1 aromatic rings. The van der Waals surface area contributed by atoms with Crippen LogP contribution in [0.1, 0.15) is 0 Å². The molecule has 0 aromatic heterocycles. The highest BCUT2D eigenvalue weighted by atomic mass is 16.6. The molecule has 10 nitrogen and oxygen atoms in total. The number of anilines is 2. The van der Waals surface area contributed by atoms with Crippen molar-refractivity contribution in [2.75, 3.05) is 23.8 Å². The van der Waals surface area contributed by atoms with Crippen LogP contribution in [-0.4, -0.2) is 92.9 Å². The van der Waals surface area contributed by atoms with Gasteiger partial charge in [-0.05, 0) is 18.2 Å². The van der Waals surface area contributed by atoms with Crippen molar-refractivity contribution in [1.82, 2.24) is 0 Å². The van der Waals surface area contributed by atoms with Crippen molar-refractivity contribution < 1.29 is 40.1 Å². The zero-order chi connectivity index (χ0) is 18.8. The van der Waals surface area contributed by atoms with Crippen molar-refractivity contribution in [3.05, 3.63) is 24.3 Å². The lowest BCUT2D eigenvalue weighted by Crippen LogP contribution is -2.37. The van der Waals surface area contributed by atoms with Crippen LogP contribution in [-0.2, 0) is 9.47 Å². The monoisotopic (exact) mass is 372 g/mol. The summed E-state index contributed by atoms with van der Waals surface area (Å²) in [5.41, 5.74) is 1.10. The largest absolute Gasteiger partial charge is 0.394 e. The third-order valence-corrected chi connectivity index (χ3v) is 4.57. The summed E-state index contributed by atoms with van der Waals surface area (Å²) in [5, 5.41) is 63.6. The van der Waals surface area contributed by atoms with Gasteiger partial charge in [0, 0.05) is 11.4 Å². The Balaban J connectivity index is 1.64. The molecule has 0 saturated carbocycles. The molecular weight excluding hydrogens is 348 g/mol. The van der Waals surface area contributed by atoms with Gasteiger partial charge in [0.2, 0.25) is 0 Å². The fourth-order valence-corrected chi connectivity index (χ4v) is 3.06. The molecule has 1 aromatic carbocycles. The van der Waals surface area contributed by atoms with Gasteiger partial charge in [0.15, 0.2) is 12.5 Å². The first-order valence-electron chi connectivity index (χ1n) is 8.32. The molecule has 8 atom stereocenters. The first kappa shape index (κ1) is 19.3. The Bertz CT molecular complexity index is 558. The van der Waals surface area contributed by atoms with E-state index in [1.807, 2.05) is 0 Å². The van der Waals surface area contributed by atoms with E-state index in [0.29, 0.717) is 11.4 Å². The number of rotatable bonds is 6. The molecule has 146 valence electrons. The summed E-state index contributed by atoms with van der Waals surface area (Å²) in [4.78, 5) is 0. The van der Waals surface area contributed by atoms with E-state index in [-0.39, 0.29) is 0 Å². The van der Waals surface area contributed by atoms with Gasteiger partial charge in [-0.3, -0.25) is 0 Å². The van der Waals surface area contributed by atoms with Gasteiger partial charge in [0.05, 0.1) is 13.2 Å². The SMILES string of the molecule is OC[C@@H]1O[C@@H](Nc2cccc(N[C@H]3O[C@H](CO)[C@H](O)[C@@H]3O)c2)[C@@H](O)[C@H]1O. The predicted molar refractivity (Wildman–Crippen MR) is 89.2 cm³/mol. The minimum atomic E-state index is -1.20. The Morgan fingerprint density at radius 1 is 0.731 bits per heavy atom. The molecule has 0 radical (unpaired) electrons. The molecule has 2 aliphatic rings. The van der Waals surface area contributed by atoms with E-state index < -0.39 is 62.3 Å². The molecule has 3 rings (SSSR count). The molecule has 0 aliphatic carbocycles. The van der Waals surface area contributed by atoms with Gasteiger partial charge in [-0.2, -0.15) is 0 Å². The fourth-order valence-electron chi connectivity index (χ4n) is 3.06. The Morgan fingerprint density at radius 2 is 1.15 bits per heavy atom. The summed E-state index contributed by atoms with van der Waals surface area (Å²) in [6.45, 7) is -0.827. The van der Waals surface area contributed by atoms with E-state index in [1.54, 1.807) is 24.3 Å². The van der Waals surface area contributed by atoms with Gasteiger partial charge in [-0.25, -0.2) is 0 Å². The van der Waals surface area contributed by atoms with E-state index >= 15 is 0 Å². The maximum atomic E-state index is 9.97. The topological polar surface area (TPSA) is 164 Å². The van der Waals surface area contributed by atoms with Gasteiger partial charge in [-0.15, -0.1) is 0 Å². The highest BCUT2D eigenvalue weighted by Gasteiger charge is 2.43. The average molecular weight is 372 g/mol.